The second kappa shape index (κ2) is 7.87. The Balaban J connectivity index is 0.00000200. The second-order valence-corrected chi connectivity index (χ2v) is 5.95. The zero-order chi connectivity index (χ0) is 13.8. The predicted molar refractivity (Wildman–Crippen MR) is 86.5 cm³/mol. The Morgan fingerprint density at radius 2 is 1.90 bits per heavy atom. The fourth-order valence-electron chi connectivity index (χ4n) is 2.64. The number of ether oxygens (including phenoxy) is 1. The van der Waals surface area contributed by atoms with Crippen molar-refractivity contribution in [2.45, 2.75) is 45.9 Å². The van der Waals surface area contributed by atoms with Crippen molar-refractivity contribution in [2.24, 2.45) is 11.7 Å². The quantitative estimate of drug-likeness (QED) is 0.908. The molecule has 3 nitrogen and oxygen atoms in total. The van der Waals surface area contributed by atoms with E-state index in [0.29, 0.717) is 12.0 Å². The molecule has 0 aromatic heterocycles. The molecule has 4 heteroatoms. The first-order valence-corrected chi connectivity index (χ1v) is 7.28. The van der Waals surface area contributed by atoms with Crippen LogP contribution in [-0.2, 0) is 6.54 Å². The second-order valence-electron chi connectivity index (χ2n) is 5.95. The molecule has 1 heterocycles. The number of nitrogens with two attached hydrogens (primary N) is 1. The van der Waals surface area contributed by atoms with Crippen LogP contribution in [-0.4, -0.2) is 30.1 Å². The fourth-order valence-corrected chi connectivity index (χ4v) is 2.64. The molecule has 1 aromatic rings. The molecule has 0 radical (unpaired) electrons. The van der Waals surface area contributed by atoms with Gasteiger partial charge in [-0.25, -0.2) is 0 Å². The Morgan fingerprint density at radius 1 is 1.25 bits per heavy atom. The van der Waals surface area contributed by atoms with Crippen molar-refractivity contribution in [3.8, 4) is 5.75 Å². The summed E-state index contributed by atoms with van der Waals surface area (Å²) in [7, 11) is 0. The molecule has 2 N–H and O–H groups in total. The zero-order valence-electron chi connectivity index (χ0n) is 12.7. The van der Waals surface area contributed by atoms with Crippen LogP contribution in [0.2, 0.25) is 0 Å². The Bertz CT molecular complexity index is 392. The summed E-state index contributed by atoms with van der Waals surface area (Å²) in [5, 5.41) is 0. The molecular weight excluding hydrogens is 272 g/mol. The maximum atomic E-state index is 5.98. The molecule has 0 spiro atoms. The van der Waals surface area contributed by atoms with Crippen molar-refractivity contribution in [1.82, 2.24) is 4.90 Å². The standard InChI is InChI=1S/C16H26N2O.ClH/c1-12(2)19-16-6-4-14(5-7-16)10-18-9-8-15(11-18)13(3)17;/h4-7,12-13,15H,8-11,17H2,1-3H3;1H. The first kappa shape index (κ1) is 17.3. The molecule has 114 valence electrons. The summed E-state index contributed by atoms with van der Waals surface area (Å²) >= 11 is 0. The Labute approximate surface area is 128 Å². The summed E-state index contributed by atoms with van der Waals surface area (Å²) in [4.78, 5) is 2.49. The first-order valence-electron chi connectivity index (χ1n) is 7.28. The maximum absolute atomic E-state index is 5.98. The summed E-state index contributed by atoms with van der Waals surface area (Å²) in [5.74, 6) is 1.61. The highest BCUT2D eigenvalue weighted by Crippen LogP contribution is 2.21. The molecule has 1 saturated heterocycles. The van der Waals surface area contributed by atoms with Crippen molar-refractivity contribution >= 4 is 12.4 Å². The molecule has 1 aliphatic heterocycles. The van der Waals surface area contributed by atoms with Crippen LogP contribution in [0.5, 0.6) is 5.75 Å². The highest BCUT2D eigenvalue weighted by Gasteiger charge is 2.24. The number of halogens is 1. The van der Waals surface area contributed by atoms with Crippen LogP contribution in [0.3, 0.4) is 0 Å². The van der Waals surface area contributed by atoms with E-state index in [1.54, 1.807) is 0 Å². The summed E-state index contributed by atoms with van der Waals surface area (Å²) < 4.78 is 5.66. The van der Waals surface area contributed by atoms with Gasteiger partial charge in [-0.15, -0.1) is 12.4 Å². The molecule has 0 saturated carbocycles. The third kappa shape index (κ3) is 4.97. The van der Waals surface area contributed by atoms with E-state index < -0.39 is 0 Å². The van der Waals surface area contributed by atoms with Gasteiger partial charge < -0.3 is 10.5 Å². The molecule has 20 heavy (non-hydrogen) atoms. The van der Waals surface area contributed by atoms with E-state index in [0.717, 1.165) is 25.4 Å². The topological polar surface area (TPSA) is 38.5 Å². The zero-order valence-corrected chi connectivity index (χ0v) is 13.5. The molecule has 1 aromatic carbocycles. The number of rotatable bonds is 5. The van der Waals surface area contributed by atoms with Crippen molar-refractivity contribution in [2.75, 3.05) is 13.1 Å². The third-order valence-corrected chi connectivity index (χ3v) is 3.75. The lowest BCUT2D eigenvalue weighted by atomic mass is 10.0. The number of likely N-dealkylation sites (tertiary alicyclic amines) is 1. The lowest BCUT2D eigenvalue weighted by Crippen LogP contribution is -2.29. The first-order chi connectivity index (χ1) is 9.04. The van der Waals surface area contributed by atoms with E-state index in [-0.39, 0.29) is 18.5 Å². The van der Waals surface area contributed by atoms with Gasteiger partial charge in [0.2, 0.25) is 0 Å². The normalized spacial score (nSPS) is 20.8. The van der Waals surface area contributed by atoms with Crippen molar-refractivity contribution in [1.29, 1.82) is 0 Å². The summed E-state index contributed by atoms with van der Waals surface area (Å²) in [6.07, 6.45) is 1.46. The number of nitrogens with zero attached hydrogens (tertiary/aromatic N) is 1. The van der Waals surface area contributed by atoms with E-state index in [2.05, 4.69) is 36.1 Å². The minimum Gasteiger partial charge on any atom is -0.491 e. The summed E-state index contributed by atoms with van der Waals surface area (Å²) in [5.41, 5.74) is 7.32. The maximum Gasteiger partial charge on any atom is 0.119 e. The molecule has 1 aliphatic rings. The number of hydrogen-bond acceptors (Lipinski definition) is 3. The van der Waals surface area contributed by atoms with Gasteiger partial charge >= 0.3 is 0 Å². The van der Waals surface area contributed by atoms with Crippen LogP contribution in [0, 0.1) is 5.92 Å². The van der Waals surface area contributed by atoms with Gasteiger partial charge in [0.05, 0.1) is 6.10 Å². The molecule has 1 fully saturated rings. The smallest absolute Gasteiger partial charge is 0.119 e. The molecular formula is C16H27ClN2O. The largest absolute Gasteiger partial charge is 0.491 e. The van der Waals surface area contributed by atoms with Crippen LogP contribution in [0.1, 0.15) is 32.8 Å². The molecule has 0 amide bonds. The van der Waals surface area contributed by atoms with Gasteiger partial charge in [0, 0.05) is 19.1 Å². The van der Waals surface area contributed by atoms with Crippen LogP contribution in [0.15, 0.2) is 24.3 Å². The van der Waals surface area contributed by atoms with Crippen molar-refractivity contribution < 1.29 is 4.74 Å². The van der Waals surface area contributed by atoms with E-state index >= 15 is 0 Å². The number of hydrogen-bond donors (Lipinski definition) is 1. The fraction of sp³-hybridized carbons (Fsp3) is 0.625. The summed E-state index contributed by atoms with van der Waals surface area (Å²) in [6, 6.07) is 8.77. The minimum absolute atomic E-state index is 0. The van der Waals surface area contributed by atoms with Gasteiger partial charge in [-0.1, -0.05) is 12.1 Å². The average Bonchev–Trinajstić information content (AvgIpc) is 2.80. The molecule has 0 aliphatic carbocycles. The lowest BCUT2D eigenvalue weighted by molar-refractivity contribution is 0.242. The van der Waals surface area contributed by atoms with E-state index in [4.69, 9.17) is 10.5 Å². The molecule has 2 rings (SSSR count). The molecule has 2 unspecified atom stereocenters. The van der Waals surface area contributed by atoms with Gasteiger partial charge in [-0.3, -0.25) is 4.90 Å². The molecule has 0 bridgehead atoms. The predicted octanol–water partition coefficient (Wildman–Crippen LogP) is 3.06. The van der Waals surface area contributed by atoms with Gasteiger partial charge in [0.25, 0.3) is 0 Å². The van der Waals surface area contributed by atoms with Crippen LogP contribution < -0.4 is 10.5 Å². The molecule has 2 atom stereocenters. The number of benzene rings is 1. The van der Waals surface area contributed by atoms with Crippen LogP contribution in [0.4, 0.5) is 0 Å². The van der Waals surface area contributed by atoms with Gasteiger partial charge in [-0.2, -0.15) is 0 Å². The van der Waals surface area contributed by atoms with Gasteiger partial charge in [0.1, 0.15) is 5.75 Å². The van der Waals surface area contributed by atoms with Gasteiger partial charge in [-0.05, 0) is 57.4 Å². The third-order valence-electron chi connectivity index (χ3n) is 3.75. The lowest BCUT2D eigenvalue weighted by Gasteiger charge is -2.18. The van der Waals surface area contributed by atoms with E-state index in [1.165, 1.54) is 12.0 Å². The van der Waals surface area contributed by atoms with Crippen LogP contribution >= 0.6 is 12.4 Å². The average molecular weight is 299 g/mol. The highest BCUT2D eigenvalue weighted by molar-refractivity contribution is 5.85. The van der Waals surface area contributed by atoms with Gasteiger partial charge in [0.15, 0.2) is 0 Å². The van der Waals surface area contributed by atoms with Crippen molar-refractivity contribution in [3.05, 3.63) is 29.8 Å². The Kier molecular flexibility index (Phi) is 6.80. The summed E-state index contributed by atoms with van der Waals surface area (Å²) in [6.45, 7) is 9.52. The van der Waals surface area contributed by atoms with E-state index in [1.807, 2.05) is 13.8 Å². The Morgan fingerprint density at radius 3 is 2.40 bits per heavy atom. The highest BCUT2D eigenvalue weighted by atomic mass is 35.5. The SMILES string of the molecule is CC(C)Oc1ccc(CN2CCC(C(C)N)C2)cc1.Cl. The Hall–Kier alpha value is -0.770. The minimum atomic E-state index is 0. The van der Waals surface area contributed by atoms with E-state index in [9.17, 15) is 0 Å². The monoisotopic (exact) mass is 298 g/mol. The van der Waals surface area contributed by atoms with Crippen LogP contribution in [0.25, 0.3) is 0 Å². The van der Waals surface area contributed by atoms with Crippen molar-refractivity contribution in [3.63, 3.8) is 0 Å².